The number of ether oxygens (including phenoxy) is 3. The normalized spacial score (nSPS) is 23.3. The maximum Gasteiger partial charge on any atom is 0.318 e. The second-order valence-electron chi connectivity index (χ2n) is 5.92. The van der Waals surface area contributed by atoms with E-state index in [1.54, 1.807) is 31.1 Å². The van der Waals surface area contributed by atoms with E-state index in [0.717, 1.165) is 5.56 Å². The van der Waals surface area contributed by atoms with Crippen LogP contribution >= 0.6 is 0 Å². The molecule has 0 aromatic heterocycles. The highest BCUT2D eigenvalue weighted by Crippen LogP contribution is 2.48. The highest BCUT2D eigenvalue weighted by atomic mass is 16.5. The number of fused-ring (bicyclic) bond motifs is 3. The van der Waals surface area contributed by atoms with Crippen molar-refractivity contribution in [1.82, 2.24) is 10.2 Å². The van der Waals surface area contributed by atoms with E-state index in [1.807, 2.05) is 12.1 Å². The average molecular weight is 346 g/mol. The van der Waals surface area contributed by atoms with Crippen LogP contribution in [0.25, 0.3) is 0 Å². The van der Waals surface area contributed by atoms with Crippen LogP contribution < -0.4 is 14.8 Å². The summed E-state index contributed by atoms with van der Waals surface area (Å²) in [5, 5.41) is 2.77. The maximum atomic E-state index is 12.5. The summed E-state index contributed by atoms with van der Waals surface area (Å²) in [6, 6.07) is 4.88. The van der Waals surface area contributed by atoms with Crippen molar-refractivity contribution in [3.05, 3.63) is 36.4 Å². The molecule has 2 heterocycles. The zero-order valence-corrected chi connectivity index (χ0v) is 14.4. The number of esters is 1. The smallest absolute Gasteiger partial charge is 0.318 e. The first-order valence-electron chi connectivity index (χ1n) is 8.27. The van der Waals surface area contributed by atoms with Gasteiger partial charge in [0.05, 0.1) is 13.7 Å². The molecule has 0 aliphatic carbocycles. The lowest BCUT2D eigenvalue weighted by Crippen LogP contribution is -2.40. The Morgan fingerprint density at radius 1 is 1.48 bits per heavy atom. The quantitative estimate of drug-likeness (QED) is 0.651. The molecule has 1 aromatic carbocycles. The number of hydrogen-bond donors (Lipinski definition) is 1. The molecule has 25 heavy (non-hydrogen) atoms. The molecule has 1 N–H and O–H groups in total. The molecular formula is C18H22N2O5. The number of methoxy groups -OCH3 is 1. The Hall–Kier alpha value is -2.70. The van der Waals surface area contributed by atoms with Crippen LogP contribution in [-0.2, 0) is 9.53 Å². The molecule has 1 aromatic rings. The van der Waals surface area contributed by atoms with Gasteiger partial charge < -0.3 is 24.4 Å². The molecule has 1 fully saturated rings. The predicted octanol–water partition coefficient (Wildman–Crippen LogP) is 1.89. The minimum atomic E-state index is -0.530. The standard InChI is InChI=1S/C18H22N2O5/c1-4-8-19-18(22)20-10-13(17(21)24-5-2)16-15(20)12-7-6-11(23-3)9-14(12)25-16/h4,6-7,9,13,15-16H,1,5,8,10H2,2-3H3,(H,19,22)/t13-,15+,16+/m1/s1. The van der Waals surface area contributed by atoms with Crippen LogP contribution in [0.4, 0.5) is 4.79 Å². The van der Waals surface area contributed by atoms with Crippen molar-refractivity contribution in [3.63, 3.8) is 0 Å². The topological polar surface area (TPSA) is 77.1 Å². The molecule has 3 rings (SSSR count). The van der Waals surface area contributed by atoms with Gasteiger partial charge >= 0.3 is 12.0 Å². The lowest BCUT2D eigenvalue weighted by Gasteiger charge is -2.23. The fourth-order valence-electron chi connectivity index (χ4n) is 3.38. The molecular weight excluding hydrogens is 324 g/mol. The summed E-state index contributed by atoms with van der Waals surface area (Å²) in [6.45, 7) is 6.26. The number of nitrogens with zero attached hydrogens (tertiary/aromatic N) is 1. The minimum Gasteiger partial charge on any atom is -0.497 e. The molecule has 2 amide bonds. The lowest BCUT2D eigenvalue weighted by molar-refractivity contribution is -0.149. The summed E-state index contributed by atoms with van der Waals surface area (Å²) in [5.41, 5.74) is 0.867. The van der Waals surface area contributed by atoms with Crippen molar-refractivity contribution in [3.8, 4) is 11.5 Å². The Morgan fingerprint density at radius 2 is 2.28 bits per heavy atom. The van der Waals surface area contributed by atoms with Crippen LogP contribution in [0.2, 0.25) is 0 Å². The molecule has 0 unspecified atom stereocenters. The van der Waals surface area contributed by atoms with Gasteiger partial charge in [-0.3, -0.25) is 4.79 Å². The third kappa shape index (κ3) is 3.01. The second kappa shape index (κ2) is 7.04. The number of carbonyl (C=O) groups is 2. The zero-order chi connectivity index (χ0) is 18.0. The summed E-state index contributed by atoms with van der Waals surface area (Å²) in [7, 11) is 1.58. The summed E-state index contributed by atoms with van der Waals surface area (Å²) in [5.74, 6) is 0.410. The van der Waals surface area contributed by atoms with E-state index in [2.05, 4.69) is 11.9 Å². The van der Waals surface area contributed by atoms with Crippen LogP contribution in [0.15, 0.2) is 30.9 Å². The van der Waals surface area contributed by atoms with E-state index in [1.165, 1.54) is 0 Å². The van der Waals surface area contributed by atoms with Gasteiger partial charge in [-0.1, -0.05) is 6.08 Å². The number of likely N-dealkylation sites (tertiary alicyclic amines) is 1. The number of benzene rings is 1. The summed E-state index contributed by atoms with van der Waals surface area (Å²) < 4.78 is 16.4. The van der Waals surface area contributed by atoms with Crippen molar-refractivity contribution in [1.29, 1.82) is 0 Å². The molecule has 0 bridgehead atoms. The van der Waals surface area contributed by atoms with Crippen LogP contribution in [0.3, 0.4) is 0 Å². The average Bonchev–Trinajstić information content (AvgIpc) is 3.16. The number of urea groups is 1. The highest BCUT2D eigenvalue weighted by molar-refractivity contribution is 5.80. The van der Waals surface area contributed by atoms with E-state index in [9.17, 15) is 9.59 Å². The predicted molar refractivity (Wildman–Crippen MR) is 90.6 cm³/mol. The molecule has 7 nitrogen and oxygen atoms in total. The Labute approximate surface area is 146 Å². The second-order valence-corrected chi connectivity index (χ2v) is 5.92. The first-order chi connectivity index (χ1) is 12.1. The Kier molecular flexibility index (Phi) is 4.83. The van der Waals surface area contributed by atoms with E-state index in [4.69, 9.17) is 14.2 Å². The number of carbonyl (C=O) groups excluding carboxylic acids is 2. The van der Waals surface area contributed by atoms with Crippen molar-refractivity contribution in [2.24, 2.45) is 5.92 Å². The number of hydrogen-bond acceptors (Lipinski definition) is 5. The third-order valence-electron chi connectivity index (χ3n) is 4.49. The van der Waals surface area contributed by atoms with Gasteiger partial charge in [-0.25, -0.2) is 4.79 Å². The highest BCUT2D eigenvalue weighted by Gasteiger charge is 2.54. The van der Waals surface area contributed by atoms with E-state index in [0.29, 0.717) is 18.0 Å². The summed E-state index contributed by atoms with van der Waals surface area (Å²) >= 11 is 0. The van der Waals surface area contributed by atoms with Gasteiger partial charge in [-0.05, 0) is 19.1 Å². The van der Waals surface area contributed by atoms with Gasteiger partial charge in [-0.2, -0.15) is 0 Å². The molecule has 1 saturated heterocycles. The van der Waals surface area contributed by atoms with Gasteiger partial charge in [0.25, 0.3) is 0 Å². The molecule has 7 heteroatoms. The molecule has 0 spiro atoms. The van der Waals surface area contributed by atoms with Crippen molar-refractivity contribution in [2.45, 2.75) is 19.1 Å². The van der Waals surface area contributed by atoms with Gasteiger partial charge in [0, 0.05) is 24.7 Å². The van der Waals surface area contributed by atoms with Crippen LogP contribution in [-0.4, -0.2) is 49.8 Å². The SMILES string of the molecule is C=CCNC(=O)N1C[C@@H](C(=O)OCC)[C@@H]2Oc3cc(OC)ccc3[C@@H]21. The fourth-order valence-corrected chi connectivity index (χ4v) is 3.38. The number of amides is 2. The van der Waals surface area contributed by atoms with E-state index >= 15 is 0 Å². The molecule has 0 saturated carbocycles. The molecule has 2 aliphatic rings. The zero-order valence-electron chi connectivity index (χ0n) is 14.4. The minimum absolute atomic E-state index is 0.253. The summed E-state index contributed by atoms with van der Waals surface area (Å²) in [6.07, 6.45) is 1.15. The molecule has 2 aliphatic heterocycles. The number of rotatable bonds is 5. The monoisotopic (exact) mass is 346 g/mol. The van der Waals surface area contributed by atoms with Crippen LogP contribution in [0.5, 0.6) is 11.5 Å². The van der Waals surface area contributed by atoms with Gasteiger partial charge in [0.15, 0.2) is 0 Å². The van der Waals surface area contributed by atoms with E-state index < -0.39 is 12.0 Å². The van der Waals surface area contributed by atoms with Crippen molar-refractivity contribution >= 4 is 12.0 Å². The molecule has 134 valence electrons. The Morgan fingerprint density at radius 3 is 2.96 bits per heavy atom. The first kappa shape index (κ1) is 17.1. The Balaban J connectivity index is 1.92. The third-order valence-corrected chi connectivity index (χ3v) is 4.49. The van der Waals surface area contributed by atoms with Crippen LogP contribution in [0, 0.1) is 5.92 Å². The molecule has 0 radical (unpaired) electrons. The lowest BCUT2D eigenvalue weighted by atomic mass is 9.99. The van der Waals surface area contributed by atoms with E-state index in [-0.39, 0.29) is 31.2 Å². The van der Waals surface area contributed by atoms with Gasteiger partial charge in [0.1, 0.15) is 29.6 Å². The fraction of sp³-hybridized carbons (Fsp3) is 0.444. The van der Waals surface area contributed by atoms with Gasteiger partial charge in [0.2, 0.25) is 0 Å². The summed E-state index contributed by atoms with van der Waals surface area (Å²) in [4.78, 5) is 26.5. The number of nitrogens with one attached hydrogen (secondary N) is 1. The Bertz CT molecular complexity index is 690. The van der Waals surface area contributed by atoms with Crippen LogP contribution in [0.1, 0.15) is 18.5 Å². The maximum absolute atomic E-state index is 12.5. The van der Waals surface area contributed by atoms with Gasteiger partial charge in [-0.15, -0.1) is 6.58 Å². The molecule has 3 atom stereocenters. The first-order valence-corrected chi connectivity index (χ1v) is 8.27. The van der Waals surface area contributed by atoms with Crippen molar-refractivity contribution in [2.75, 3.05) is 26.8 Å². The largest absolute Gasteiger partial charge is 0.497 e. The van der Waals surface area contributed by atoms with Crippen molar-refractivity contribution < 1.29 is 23.8 Å².